The van der Waals surface area contributed by atoms with Gasteiger partial charge in [0.25, 0.3) is 0 Å². The van der Waals surface area contributed by atoms with Crippen LogP contribution >= 0.6 is 0 Å². The van der Waals surface area contributed by atoms with Crippen molar-refractivity contribution in [1.82, 2.24) is 0 Å². The molecule has 0 aromatic carbocycles. The largest absolute Gasteiger partial charge is 0.393 e. The van der Waals surface area contributed by atoms with E-state index in [1.807, 2.05) is 27.7 Å². The zero-order chi connectivity index (χ0) is 18.4. The molecule has 0 bridgehead atoms. The van der Waals surface area contributed by atoms with Crippen molar-refractivity contribution in [2.75, 3.05) is 0 Å². The van der Waals surface area contributed by atoms with Crippen LogP contribution in [0.5, 0.6) is 0 Å². The zero-order valence-corrected chi connectivity index (χ0v) is 15.6. The first-order valence-corrected chi connectivity index (χ1v) is 9.03. The Hall–Kier alpha value is -1.00. The van der Waals surface area contributed by atoms with Gasteiger partial charge in [0.2, 0.25) is 0 Å². The number of fused-ring (bicyclic) bond motifs is 1. The molecule has 2 rings (SSSR count). The molecule has 0 spiro atoms. The molecule has 24 heavy (non-hydrogen) atoms. The van der Waals surface area contributed by atoms with Crippen molar-refractivity contribution in [2.24, 2.45) is 34.5 Å². The van der Waals surface area contributed by atoms with Crippen LogP contribution in [-0.4, -0.2) is 34.0 Å². The molecule has 0 aliphatic heterocycles. The van der Waals surface area contributed by atoms with Crippen molar-refractivity contribution in [3.8, 4) is 0 Å². The number of hydrogen-bond donors (Lipinski definition) is 2. The second-order valence-electron chi connectivity index (χ2n) is 8.91. The van der Waals surface area contributed by atoms with Crippen LogP contribution in [0, 0.1) is 34.5 Å². The number of rotatable bonds is 4. The molecule has 2 fully saturated rings. The van der Waals surface area contributed by atoms with Gasteiger partial charge in [0.1, 0.15) is 11.9 Å². The predicted octanol–water partition coefficient (Wildman–Crippen LogP) is 2.77. The third-order valence-electron chi connectivity index (χ3n) is 6.73. The lowest BCUT2D eigenvalue weighted by Gasteiger charge is -2.60. The summed E-state index contributed by atoms with van der Waals surface area (Å²) in [4.78, 5) is 26.0. The lowest BCUT2D eigenvalue weighted by atomic mass is 9.44. The Morgan fingerprint density at radius 3 is 2.50 bits per heavy atom. The van der Waals surface area contributed by atoms with E-state index < -0.39 is 35.4 Å². The highest BCUT2D eigenvalue weighted by Gasteiger charge is 2.65. The minimum atomic E-state index is -1.14. The number of carbonyl (C=O) groups is 2. The molecule has 0 heterocycles. The smallest absolute Gasteiger partial charge is 0.165 e. The number of Topliss-reactive ketones (excluding diaryl/α,β-unsaturated/α-hetero) is 2. The number of aliphatic hydroxyl groups excluding tert-OH is 2. The first-order valence-electron chi connectivity index (χ1n) is 9.03. The maximum Gasteiger partial charge on any atom is 0.165 e. The van der Waals surface area contributed by atoms with Crippen LogP contribution in [0.4, 0.5) is 0 Å². The molecule has 0 aromatic rings. The maximum atomic E-state index is 13.1. The van der Waals surface area contributed by atoms with Crippen LogP contribution in [-0.2, 0) is 9.59 Å². The summed E-state index contributed by atoms with van der Waals surface area (Å²) in [5, 5.41) is 21.3. The van der Waals surface area contributed by atoms with E-state index in [-0.39, 0.29) is 22.9 Å². The minimum absolute atomic E-state index is 0.0192. The fraction of sp³-hybridized carbons (Fsp3) is 0.800. The third-order valence-corrected chi connectivity index (χ3v) is 6.73. The van der Waals surface area contributed by atoms with Gasteiger partial charge in [0.05, 0.1) is 6.10 Å². The topological polar surface area (TPSA) is 74.6 Å². The Kier molecular flexibility index (Phi) is 5.14. The van der Waals surface area contributed by atoms with Gasteiger partial charge in [-0.2, -0.15) is 0 Å². The molecule has 0 radical (unpaired) electrons. The monoisotopic (exact) mass is 336 g/mol. The van der Waals surface area contributed by atoms with Gasteiger partial charge in [-0.1, -0.05) is 40.7 Å². The van der Waals surface area contributed by atoms with Gasteiger partial charge in [-0.25, -0.2) is 0 Å². The Morgan fingerprint density at radius 1 is 1.38 bits per heavy atom. The average molecular weight is 336 g/mol. The lowest BCUT2D eigenvalue weighted by molar-refractivity contribution is -0.196. The number of carbonyl (C=O) groups excluding carboxylic acids is 2. The molecular weight excluding hydrogens is 304 g/mol. The van der Waals surface area contributed by atoms with Crippen LogP contribution in [0.3, 0.4) is 0 Å². The molecule has 136 valence electrons. The molecule has 0 aromatic heterocycles. The summed E-state index contributed by atoms with van der Waals surface area (Å²) in [6, 6.07) is 0. The summed E-state index contributed by atoms with van der Waals surface area (Å²) in [5.41, 5.74) is -1.16. The van der Waals surface area contributed by atoms with E-state index in [0.717, 1.165) is 0 Å². The third kappa shape index (κ3) is 2.78. The quantitative estimate of drug-likeness (QED) is 0.774. The number of hydrogen-bond acceptors (Lipinski definition) is 4. The predicted molar refractivity (Wildman–Crippen MR) is 93.3 cm³/mol. The first-order chi connectivity index (χ1) is 11.0. The molecule has 0 unspecified atom stereocenters. The van der Waals surface area contributed by atoms with Crippen molar-refractivity contribution in [3.05, 3.63) is 12.7 Å². The number of allylic oxidation sites excluding steroid dienone is 1. The van der Waals surface area contributed by atoms with E-state index >= 15 is 0 Å². The van der Waals surface area contributed by atoms with Crippen molar-refractivity contribution in [1.29, 1.82) is 0 Å². The molecule has 2 saturated carbocycles. The van der Waals surface area contributed by atoms with Crippen molar-refractivity contribution < 1.29 is 19.8 Å². The summed E-state index contributed by atoms with van der Waals surface area (Å²) in [7, 11) is 0. The fourth-order valence-corrected chi connectivity index (χ4v) is 5.42. The number of ketones is 2. The fourth-order valence-electron chi connectivity index (χ4n) is 5.42. The summed E-state index contributed by atoms with van der Waals surface area (Å²) >= 11 is 0. The number of aliphatic hydroxyl groups is 2. The highest BCUT2D eigenvalue weighted by Crippen LogP contribution is 2.60. The summed E-state index contributed by atoms with van der Waals surface area (Å²) < 4.78 is 0. The van der Waals surface area contributed by atoms with E-state index in [9.17, 15) is 19.8 Å². The van der Waals surface area contributed by atoms with E-state index in [1.165, 1.54) is 0 Å². The lowest BCUT2D eigenvalue weighted by Crippen LogP contribution is -2.66. The molecule has 2 N–H and O–H groups in total. The average Bonchev–Trinajstić information content (AvgIpc) is 2.49. The maximum absolute atomic E-state index is 13.1. The molecular formula is C20H32O4. The van der Waals surface area contributed by atoms with Gasteiger partial charge in [0.15, 0.2) is 5.78 Å². The summed E-state index contributed by atoms with van der Waals surface area (Å²) in [5.74, 6) is -1.66. The van der Waals surface area contributed by atoms with Gasteiger partial charge >= 0.3 is 0 Å². The molecule has 7 atom stereocenters. The molecule has 4 heteroatoms. The SMILES string of the molecule is C=C[C@@H](C)CC(=O)[C@H]1[C@@H](C)[C@@H](O)C(=O)[C@H]2C(C)(C)CC[C@H](O)[C@]12C. The van der Waals surface area contributed by atoms with Crippen LogP contribution < -0.4 is 0 Å². The molecule has 0 saturated heterocycles. The molecule has 2 aliphatic rings. The van der Waals surface area contributed by atoms with Gasteiger partial charge in [-0.05, 0) is 30.1 Å². The van der Waals surface area contributed by atoms with E-state index in [4.69, 9.17) is 0 Å². The second kappa shape index (κ2) is 6.38. The Bertz CT molecular complexity index is 538. The van der Waals surface area contributed by atoms with E-state index in [1.54, 1.807) is 13.0 Å². The van der Waals surface area contributed by atoms with Crippen LogP contribution in [0.25, 0.3) is 0 Å². The summed E-state index contributed by atoms with van der Waals surface area (Å²) in [6.45, 7) is 13.3. The van der Waals surface area contributed by atoms with Gasteiger partial charge in [-0.3, -0.25) is 9.59 Å². The standard InChI is InChI=1S/C20H32O4/c1-7-11(2)10-13(21)15-12(3)16(23)17(24)18-19(4,5)9-8-14(22)20(15,18)6/h7,11-12,14-16,18,22-23H,1,8-10H2,2-6H3/t11-,12-,14+,15-,16-,18+,20-/m1/s1. The van der Waals surface area contributed by atoms with Gasteiger partial charge < -0.3 is 10.2 Å². The molecule has 4 nitrogen and oxygen atoms in total. The zero-order valence-electron chi connectivity index (χ0n) is 15.6. The van der Waals surface area contributed by atoms with Crippen molar-refractivity contribution >= 4 is 11.6 Å². The van der Waals surface area contributed by atoms with Crippen molar-refractivity contribution in [2.45, 2.75) is 66.1 Å². The van der Waals surface area contributed by atoms with Crippen LogP contribution in [0.2, 0.25) is 0 Å². The Balaban J connectivity index is 2.53. The highest BCUT2D eigenvalue weighted by molar-refractivity contribution is 5.92. The Labute approximate surface area is 145 Å². The molecule has 2 aliphatic carbocycles. The van der Waals surface area contributed by atoms with Crippen LogP contribution in [0.15, 0.2) is 12.7 Å². The van der Waals surface area contributed by atoms with Crippen molar-refractivity contribution in [3.63, 3.8) is 0 Å². The van der Waals surface area contributed by atoms with Crippen LogP contribution in [0.1, 0.15) is 53.9 Å². The Morgan fingerprint density at radius 2 is 1.96 bits per heavy atom. The normalized spacial score (nSPS) is 43.0. The minimum Gasteiger partial charge on any atom is -0.393 e. The van der Waals surface area contributed by atoms with Gasteiger partial charge in [-0.15, -0.1) is 6.58 Å². The van der Waals surface area contributed by atoms with E-state index in [2.05, 4.69) is 6.58 Å². The van der Waals surface area contributed by atoms with Gasteiger partial charge in [0, 0.05) is 23.7 Å². The summed E-state index contributed by atoms with van der Waals surface area (Å²) in [6.07, 6.45) is 1.52. The van der Waals surface area contributed by atoms with E-state index in [0.29, 0.717) is 19.3 Å². The highest BCUT2D eigenvalue weighted by atomic mass is 16.3. The first kappa shape index (κ1) is 19.3. The second-order valence-corrected chi connectivity index (χ2v) is 8.91. The molecule has 0 amide bonds.